The standard InChI is InChI=1S/C31H32N6O3P2/c1-39-31(38)24-11-10-23-29(35-24)37(16-19-2-3-19)27(34-23)13-18-4-7-21(8-5-18)28-33-15-26(42)30(36-28)40-17-22-9-6-20(14-32)12-25(22)41/h6-7,9-12,15,18-19H,2-5,8,13,16-17,41-42H2,1H3. The van der Waals surface area contributed by atoms with Gasteiger partial charge in [-0.05, 0) is 84.6 Å². The molecule has 42 heavy (non-hydrogen) atoms. The number of imidazole rings is 1. The lowest BCUT2D eigenvalue weighted by atomic mass is 9.87. The van der Waals surface area contributed by atoms with E-state index in [0.717, 1.165) is 71.0 Å². The Morgan fingerprint density at radius 1 is 1.10 bits per heavy atom. The third-order valence-corrected chi connectivity index (χ3v) is 8.83. The van der Waals surface area contributed by atoms with Crippen LogP contribution in [0.1, 0.15) is 65.4 Å². The first-order chi connectivity index (χ1) is 20.4. The fourth-order valence-electron chi connectivity index (χ4n) is 5.30. The van der Waals surface area contributed by atoms with Crippen LogP contribution < -0.4 is 15.3 Å². The molecule has 4 aromatic rings. The molecule has 1 saturated carbocycles. The van der Waals surface area contributed by atoms with Gasteiger partial charge in [-0.1, -0.05) is 21.4 Å². The number of fused-ring (bicyclic) bond motifs is 1. The number of benzene rings is 1. The Balaban J connectivity index is 1.16. The van der Waals surface area contributed by atoms with Gasteiger partial charge in [0.25, 0.3) is 0 Å². The monoisotopic (exact) mass is 598 g/mol. The first kappa shape index (κ1) is 28.4. The van der Waals surface area contributed by atoms with Crippen molar-refractivity contribution >= 4 is 51.8 Å². The summed E-state index contributed by atoms with van der Waals surface area (Å²) in [5.74, 6) is 2.92. The van der Waals surface area contributed by atoms with Crippen molar-refractivity contribution in [1.82, 2.24) is 24.5 Å². The molecule has 9 nitrogen and oxygen atoms in total. The molecule has 0 bridgehead atoms. The SMILES string of the molecule is COC(=O)c1ccc2nc(CC3CC=C(c4ncc(P)c(OCc5ccc(C#N)cc5P)n4)CC3)n(CC3CC3)c2n1. The van der Waals surface area contributed by atoms with Gasteiger partial charge in [0, 0.05) is 24.5 Å². The van der Waals surface area contributed by atoms with Crippen molar-refractivity contribution in [3.63, 3.8) is 0 Å². The zero-order valence-corrected chi connectivity index (χ0v) is 25.7. The molecular weight excluding hydrogens is 566 g/mol. The van der Waals surface area contributed by atoms with E-state index in [9.17, 15) is 4.79 Å². The van der Waals surface area contributed by atoms with E-state index in [0.29, 0.717) is 41.4 Å². The molecule has 2 aliphatic carbocycles. The molecule has 0 aliphatic heterocycles. The van der Waals surface area contributed by atoms with E-state index >= 15 is 0 Å². The van der Waals surface area contributed by atoms with Crippen LogP contribution in [-0.4, -0.2) is 37.6 Å². The van der Waals surface area contributed by atoms with Crippen LogP contribution in [0.5, 0.6) is 5.88 Å². The van der Waals surface area contributed by atoms with E-state index in [2.05, 4.69) is 45.2 Å². The van der Waals surface area contributed by atoms with Crippen LogP contribution in [0.2, 0.25) is 0 Å². The molecule has 2 aliphatic rings. The molecule has 3 unspecified atom stereocenters. The van der Waals surface area contributed by atoms with Crippen molar-refractivity contribution in [3.8, 4) is 11.9 Å². The van der Waals surface area contributed by atoms with Crippen molar-refractivity contribution in [3.05, 3.63) is 71.1 Å². The van der Waals surface area contributed by atoms with Gasteiger partial charge in [-0.15, -0.1) is 9.24 Å². The predicted octanol–water partition coefficient (Wildman–Crippen LogP) is 4.30. The molecule has 6 rings (SSSR count). The Bertz CT molecular complexity index is 1740. The van der Waals surface area contributed by atoms with Crippen LogP contribution in [0.4, 0.5) is 0 Å². The topological polar surface area (TPSA) is 116 Å². The Labute approximate surface area is 249 Å². The first-order valence-corrected chi connectivity index (χ1v) is 15.2. The van der Waals surface area contributed by atoms with Crippen LogP contribution in [0.3, 0.4) is 0 Å². The van der Waals surface area contributed by atoms with Gasteiger partial charge in [0.05, 0.1) is 18.7 Å². The lowest BCUT2D eigenvalue weighted by molar-refractivity contribution is 0.0594. The molecule has 0 saturated heterocycles. The second-order valence-electron chi connectivity index (χ2n) is 11.0. The zero-order valence-electron chi connectivity index (χ0n) is 23.4. The average Bonchev–Trinajstić information content (AvgIpc) is 3.78. The molecule has 3 aromatic heterocycles. The quantitative estimate of drug-likeness (QED) is 0.207. The maximum Gasteiger partial charge on any atom is 0.356 e. The number of hydrogen-bond acceptors (Lipinski definition) is 8. The normalized spacial score (nSPS) is 16.6. The Morgan fingerprint density at radius 2 is 1.95 bits per heavy atom. The van der Waals surface area contributed by atoms with E-state index in [4.69, 9.17) is 24.7 Å². The number of rotatable bonds is 9. The van der Waals surface area contributed by atoms with Crippen LogP contribution in [-0.2, 0) is 24.3 Å². The maximum atomic E-state index is 12.1. The lowest BCUT2D eigenvalue weighted by Crippen LogP contribution is -2.16. The predicted molar refractivity (Wildman–Crippen MR) is 167 cm³/mol. The second-order valence-corrected chi connectivity index (χ2v) is 12.2. The van der Waals surface area contributed by atoms with Crippen molar-refractivity contribution in [1.29, 1.82) is 5.26 Å². The van der Waals surface area contributed by atoms with Gasteiger partial charge in [-0.3, -0.25) is 0 Å². The fraction of sp³-hybridized carbons (Fsp3) is 0.355. The maximum absolute atomic E-state index is 12.1. The van der Waals surface area contributed by atoms with Crippen molar-refractivity contribution in [2.24, 2.45) is 11.8 Å². The number of methoxy groups -OCH3 is 1. The van der Waals surface area contributed by atoms with Crippen LogP contribution in [0.25, 0.3) is 16.7 Å². The first-order valence-electron chi connectivity index (χ1n) is 14.1. The highest BCUT2D eigenvalue weighted by atomic mass is 31.0. The Hall–Kier alpha value is -3.72. The summed E-state index contributed by atoms with van der Waals surface area (Å²) in [7, 11) is 6.68. The second kappa shape index (κ2) is 12.3. The molecule has 3 atom stereocenters. The largest absolute Gasteiger partial charge is 0.472 e. The van der Waals surface area contributed by atoms with Crippen molar-refractivity contribution < 1.29 is 14.3 Å². The molecular formula is C31H32N6O3P2. The molecule has 214 valence electrons. The molecule has 3 heterocycles. The van der Waals surface area contributed by atoms with Crippen LogP contribution in [0.15, 0.2) is 42.6 Å². The summed E-state index contributed by atoms with van der Waals surface area (Å²) in [6.07, 6.45) is 10.1. The van der Waals surface area contributed by atoms with Crippen molar-refractivity contribution in [2.45, 2.75) is 51.7 Å². The van der Waals surface area contributed by atoms with Crippen molar-refractivity contribution in [2.75, 3.05) is 7.11 Å². The highest BCUT2D eigenvalue weighted by molar-refractivity contribution is 7.27. The van der Waals surface area contributed by atoms with E-state index in [1.807, 2.05) is 18.2 Å². The minimum Gasteiger partial charge on any atom is -0.472 e. The molecule has 1 aromatic carbocycles. The number of hydrogen-bond donors (Lipinski definition) is 0. The highest BCUT2D eigenvalue weighted by Crippen LogP contribution is 2.35. The zero-order chi connectivity index (χ0) is 29.2. The van der Waals surface area contributed by atoms with E-state index in [-0.39, 0.29) is 0 Å². The summed E-state index contributed by atoms with van der Waals surface area (Å²) in [4.78, 5) is 31.0. The number of aromatic nitrogens is 5. The Kier molecular flexibility index (Phi) is 8.29. The summed E-state index contributed by atoms with van der Waals surface area (Å²) in [5.41, 5.74) is 4.62. The van der Waals surface area contributed by atoms with Gasteiger partial charge in [0.15, 0.2) is 17.2 Å². The van der Waals surface area contributed by atoms with Gasteiger partial charge in [0.1, 0.15) is 17.9 Å². The van der Waals surface area contributed by atoms with Gasteiger partial charge >= 0.3 is 5.97 Å². The highest BCUT2D eigenvalue weighted by Gasteiger charge is 2.27. The molecule has 0 N–H and O–H groups in total. The number of allylic oxidation sites excluding steroid dienone is 2. The lowest BCUT2D eigenvalue weighted by Gasteiger charge is -2.22. The number of carbonyl (C=O) groups excluding carboxylic acids is 1. The molecule has 11 heteroatoms. The van der Waals surface area contributed by atoms with Gasteiger partial charge in [0.2, 0.25) is 5.88 Å². The third-order valence-electron chi connectivity index (χ3n) is 7.90. The number of nitrogens with zero attached hydrogens (tertiary/aromatic N) is 6. The van der Waals surface area contributed by atoms with Gasteiger partial charge in [-0.2, -0.15) is 10.2 Å². The van der Waals surface area contributed by atoms with E-state index in [1.165, 1.54) is 20.0 Å². The summed E-state index contributed by atoms with van der Waals surface area (Å²) >= 11 is 0. The number of nitriles is 1. The van der Waals surface area contributed by atoms with Gasteiger partial charge < -0.3 is 14.0 Å². The fourth-order valence-corrected chi connectivity index (χ4v) is 5.88. The smallest absolute Gasteiger partial charge is 0.356 e. The summed E-state index contributed by atoms with van der Waals surface area (Å²) in [5, 5.41) is 10.8. The summed E-state index contributed by atoms with van der Waals surface area (Å²) in [6, 6.07) is 11.2. The third kappa shape index (κ3) is 6.21. The number of pyridine rings is 1. The molecule has 1 fully saturated rings. The van der Waals surface area contributed by atoms with E-state index in [1.54, 1.807) is 18.3 Å². The molecule has 0 radical (unpaired) electrons. The van der Waals surface area contributed by atoms with Crippen LogP contribution in [0, 0.1) is 23.2 Å². The number of carbonyl (C=O) groups is 1. The minimum atomic E-state index is -0.434. The minimum absolute atomic E-state index is 0.310. The summed E-state index contributed by atoms with van der Waals surface area (Å²) in [6.45, 7) is 1.23. The number of ether oxygens (including phenoxy) is 2. The van der Waals surface area contributed by atoms with Gasteiger partial charge in [-0.25, -0.2) is 19.7 Å². The number of esters is 1. The van der Waals surface area contributed by atoms with E-state index < -0.39 is 5.97 Å². The molecule has 0 amide bonds. The average molecular weight is 599 g/mol. The van der Waals surface area contributed by atoms with Crippen LogP contribution >= 0.6 is 18.5 Å². The summed E-state index contributed by atoms with van der Waals surface area (Å²) < 4.78 is 13.2. The molecule has 0 spiro atoms. The Morgan fingerprint density at radius 3 is 2.67 bits per heavy atom.